The maximum absolute atomic E-state index is 11.9. The molecular formula is C12H8ClN3O. The molecule has 84 valence electrons. The number of para-hydroxylation sites is 1. The second-order valence-electron chi connectivity index (χ2n) is 3.59. The van der Waals surface area contributed by atoms with E-state index >= 15 is 0 Å². The van der Waals surface area contributed by atoms with E-state index < -0.39 is 0 Å². The molecule has 4 nitrogen and oxygen atoms in total. The molecule has 2 heterocycles. The summed E-state index contributed by atoms with van der Waals surface area (Å²) in [4.78, 5) is 18.8. The zero-order chi connectivity index (χ0) is 11.8. The maximum atomic E-state index is 11.9. The summed E-state index contributed by atoms with van der Waals surface area (Å²) in [6.45, 7) is 0. The van der Waals surface area contributed by atoms with Crippen molar-refractivity contribution in [3.63, 3.8) is 0 Å². The fourth-order valence-electron chi connectivity index (χ4n) is 1.81. The molecule has 5 heteroatoms. The van der Waals surface area contributed by atoms with Gasteiger partial charge in [0.05, 0.1) is 16.1 Å². The summed E-state index contributed by atoms with van der Waals surface area (Å²) < 4.78 is 1.50. The number of pyridine rings is 1. The number of nitrogens with zero attached hydrogens (tertiary/aromatic N) is 2. The number of nitrogens with one attached hydrogen (secondary N) is 1. The molecule has 0 amide bonds. The lowest BCUT2D eigenvalue weighted by molar-refractivity contribution is 0.966. The Balaban J connectivity index is 2.42. The van der Waals surface area contributed by atoms with Crippen LogP contribution in [0.5, 0.6) is 0 Å². The zero-order valence-corrected chi connectivity index (χ0v) is 9.48. The lowest BCUT2D eigenvalue weighted by Gasteiger charge is -2.01. The fraction of sp³-hybridized carbons (Fsp3) is 0. The van der Waals surface area contributed by atoms with Gasteiger partial charge in [0.1, 0.15) is 5.82 Å². The van der Waals surface area contributed by atoms with Crippen molar-refractivity contribution < 1.29 is 0 Å². The minimum absolute atomic E-state index is 0.244. The molecule has 0 unspecified atom stereocenters. The van der Waals surface area contributed by atoms with Crippen LogP contribution in [0.15, 0.2) is 47.4 Å². The van der Waals surface area contributed by atoms with E-state index in [9.17, 15) is 4.79 Å². The minimum atomic E-state index is -0.244. The number of benzene rings is 1. The van der Waals surface area contributed by atoms with Gasteiger partial charge in [0.25, 0.3) is 0 Å². The first-order chi connectivity index (χ1) is 8.27. The van der Waals surface area contributed by atoms with E-state index in [4.69, 9.17) is 11.6 Å². The predicted molar refractivity (Wildman–Crippen MR) is 66.7 cm³/mol. The Labute approximate surface area is 101 Å². The molecule has 0 aliphatic heterocycles. The molecule has 0 aliphatic carbocycles. The van der Waals surface area contributed by atoms with Crippen LogP contribution in [-0.4, -0.2) is 14.5 Å². The molecule has 3 aromatic rings. The highest BCUT2D eigenvalue weighted by atomic mass is 35.5. The van der Waals surface area contributed by atoms with Crippen LogP contribution in [0, 0.1) is 0 Å². The topological polar surface area (TPSA) is 50.7 Å². The van der Waals surface area contributed by atoms with E-state index in [0.717, 1.165) is 5.52 Å². The zero-order valence-electron chi connectivity index (χ0n) is 8.72. The molecule has 0 saturated carbocycles. The molecule has 0 bridgehead atoms. The lowest BCUT2D eigenvalue weighted by atomic mass is 10.3. The van der Waals surface area contributed by atoms with Crippen LogP contribution in [0.4, 0.5) is 0 Å². The number of halogens is 1. The molecule has 0 radical (unpaired) electrons. The van der Waals surface area contributed by atoms with Crippen LogP contribution in [0.3, 0.4) is 0 Å². The van der Waals surface area contributed by atoms with E-state index in [2.05, 4.69) is 9.97 Å². The van der Waals surface area contributed by atoms with Crippen molar-refractivity contribution in [3.05, 3.63) is 58.1 Å². The number of aromatic amines is 1. The van der Waals surface area contributed by atoms with Crippen LogP contribution >= 0.6 is 11.6 Å². The van der Waals surface area contributed by atoms with Gasteiger partial charge in [-0.25, -0.2) is 14.3 Å². The number of aromatic nitrogens is 3. The molecular weight excluding hydrogens is 238 g/mol. The number of rotatable bonds is 1. The van der Waals surface area contributed by atoms with Gasteiger partial charge in [0.2, 0.25) is 0 Å². The summed E-state index contributed by atoms with van der Waals surface area (Å²) in [5, 5.41) is 0.522. The number of hydrogen-bond donors (Lipinski definition) is 1. The molecule has 17 heavy (non-hydrogen) atoms. The van der Waals surface area contributed by atoms with Gasteiger partial charge in [0, 0.05) is 6.20 Å². The molecule has 0 saturated heterocycles. The Bertz CT molecular complexity index is 730. The Morgan fingerprint density at radius 3 is 2.82 bits per heavy atom. The van der Waals surface area contributed by atoms with Gasteiger partial charge < -0.3 is 4.98 Å². The SMILES string of the molecule is O=c1[nH]c2c(Cl)cccc2n1-c1ccccn1. The van der Waals surface area contributed by atoms with Crippen molar-refractivity contribution in [2.45, 2.75) is 0 Å². The second-order valence-corrected chi connectivity index (χ2v) is 3.99. The first kappa shape index (κ1) is 10.1. The van der Waals surface area contributed by atoms with Gasteiger partial charge in [-0.2, -0.15) is 0 Å². The largest absolute Gasteiger partial charge is 0.332 e. The van der Waals surface area contributed by atoms with Gasteiger partial charge in [-0.1, -0.05) is 23.7 Å². The monoisotopic (exact) mass is 245 g/mol. The quantitative estimate of drug-likeness (QED) is 0.716. The van der Waals surface area contributed by atoms with Crippen molar-refractivity contribution in [1.29, 1.82) is 0 Å². The third-order valence-electron chi connectivity index (χ3n) is 2.55. The number of fused-ring (bicyclic) bond motifs is 1. The molecule has 0 spiro atoms. The first-order valence-corrected chi connectivity index (χ1v) is 5.46. The van der Waals surface area contributed by atoms with E-state index in [1.54, 1.807) is 30.5 Å². The second kappa shape index (κ2) is 3.75. The Morgan fingerprint density at radius 1 is 1.18 bits per heavy atom. The standard InChI is InChI=1S/C12H8ClN3O/c13-8-4-3-5-9-11(8)15-12(17)16(9)10-6-1-2-7-14-10/h1-7H,(H,15,17). The van der Waals surface area contributed by atoms with Crippen molar-refractivity contribution >= 4 is 22.6 Å². The Hall–Kier alpha value is -2.07. The normalized spacial score (nSPS) is 10.9. The number of imidazole rings is 1. The molecule has 0 aliphatic rings. The molecule has 1 aromatic carbocycles. The van der Waals surface area contributed by atoms with Crippen molar-refractivity contribution in [1.82, 2.24) is 14.5 Å². The highest BCUT2D eigenvalue weighted by Crippen LogP contribution is 2.21. The van der Waals surface area contributed by atoms with Crippen LogP contribution in [0.2, 0.25) is 5.02 Å². The highest BCUT2D eigenvalue weighted by Gasteiger charge is 2.10. The summed E-state index contributed by atoms with van der Waals surface area (Å²) in [7, 11) is 0. The summed E-state index contributed by atoms with van der Waals surface area (Å²) in [5.74, 6) is 0.575. The van der Waals surface area contributed by atoms with Gasteiger partial charge in [-0.15, -0.1) is 0 Å². The van der Waals surface area contributed by atoms with Gasteiger partial charge in [0.15, 0.2) is 0 Å². The van der Waals surface area contributed by atoms with Crippen molar-refractivity contribution in [3.8, 4) is 5.82 Å². The summed E-state index contributed by atoms with van der Waals surface area (Å²) in [6, 6.07) is 10.8. The smallest absolute Gasteiger partial charge is 0.304 e. The maximum Gasteiger partial charge on any atom is 0.332 e. The van der Waals surface area contributed by atoms with E-state index in [0.29, 0.717) is 16.4 Å². The molecule has 2 aromatic heterocycles. The third kappa shape index (κ3) is 1.54. The van der Waals surface area contributed by atoms with Gasteiger partial charge in [-0.3, -0.25) is 0 Å². The van der Waals surface area contributed by atoms with Crippen LogP contribution in [-0.2, 0) is 0 Å². The van der Waals surface area contributed by atoms with E-state index in [-0.39, 0.29) is 5.69 Å². The number of H-pyrrole nitrogens is 1. The molecule has 3 rings (SSSR count). The van der Waals surface area contributed by atoms with Crippen molar-refractivity contribution in [2.24, 2.45) is 0 Å². The van der Waals surface area contributed by atoms with Crippen LogP contribution in [0.25, 0.3) is 16.9 Å². The Kier molecular flexibility index (Phi) is 2.23. The van der Waals surface area contributed by atoms with E-state index in [1.165, 1.54) is 4.57 Å². The average molecular weight is 246 g/mol. The summed E-state index contributed by atoms with van der Waals surface area (Å²) in [5.41, 5.74) is 1.11. The molecule has 0 fully saturated rings. The summed E-state index contributed by atoms with van der Waals surface area (Å²) >= 11 is 6.03. The minimum Gasteiger partial charge on any atom is -0.304 e. The van der Waals surface area contributed by atoms with Crippen LogP contribution in [0.1, 0.15) is 0 Å². The molecule has 1 N–H and O–H groups in total. The third-order valence-corrected chi connectivity index (χ3v) is 2.86. The highest BCUT2D eigenvalue weighted by molar-refractivity contribution is 6.34. The van der Waals surface area contributed by atoms with E-state index in [1.807, 2.05) is 12.1 Å². The lowest BCUT2D eigenvalue weighted by Crippen LogP contribution is -2.15. The van der Waals surface area contributed by atoms with Gasteiger partial charge >= 0.3 is 5.69 Å². The first-order valence-electron chi connectivity index (χ1n) is 5.08. The Morgan fingerprint density at radius 2 is 2.06 bits per heavy atom. The predicted octanol–water partition coefficient (Wildman–Crippen LogP) is 2.37. The van der Waals surface area contributed by atoms with Gasteiger partial charge in [-0.05, 0) is 24.3 Å². The fourth-order valence-corrected chi connectivity index (χ4v) is 2.03. The average Bonchev–Trinajstić information content (AvgIpc) is 2.68. The molecule has 0 atom stereocenters. The number of hydrogen-bond acceptors (Lipinski definition) is 2. The summed E-state index contributed by atoms with van der Waals surface area (Å²) in [6.07, 6.45) is 1.64. The van der Waals surface area contributed by atoms with Crippen LogP contribution < -0.4 is 5.69 Å². The van der Waals surface area contributed by atoms with Crippen molar-refractivity contribution in [2.75, 3.05) is 0 Å².